The van der Waals surface area contributed by atoms with E-state index < -0.39 is 47.4 Å². The fraction of sp³-hybridized carbons (Fsp3) is 0.421. The molecule has 0 aromatic heterocycles. The monoisotopic (exact) mass is 397 g/mol. The van der Waals surface area contributed by atoms with Crippen LogP contribution in [0.3, 0.4) is 0 Å². The SMILES string of the molecule is CC(C)=CCCC1(C)NC(=O)N(CC(=O)Nc2ccccc2C(F)(F)F)C1=O. The van der Waals surface area contributed by atoms with Crippen LogP contribution in [0.15, 0.2) is 35.9 Å². The number of alkyl halides is 3. The van der Waals surface area contributed by atoms with Gasteiger partial charge in [-0.3, -0.25) is 14.5 Å². The number of amides is 4. The fourth-order valence-electron chi connectivity index (χ4n) is 2.88. The summed E-state index contributed by atoms with van der Waals surface area (Å²) in [5.41, 5.74) is -1.53. The highest BCUT2D eigenvalue weighted by atomic mass is 19.4. The van der Waals surface area contributed by atoms with Crippen LogP contribution in [0, 0.1) is 0 Å². The molecule has 0 aliphatic carbocycles. The minimum absolute atomic E-state index is 0.345. The van der Waals surface area contributed by atoms with Crippen LogP contribution in [0.1, 0.15) is 39.2 Å². The second-order valence-corrected chi connectivity index (χ2v) is 7.07. The van der Waals surface area contributed by atoms with Gasteiger partial charge in [0.1, 0.15) is 12.1 Å². The average Bonchev–Trinajstić information content (AvgIpc) is 2.77. The average molecular weight is 397 g/mol. The van der Waals surface area contributed by atoms with Gasteiger partial charge in [-0.25, -0.2) is 4.79 Å². The van der Waals surface area contributed by atoms with E-state index in [-0.39, 0.29) is 0 Å². The van der Waals surface area contributed by atoms with Crippen molar-refractivity contribution in [1.29, 1.82) is 0 Å². The van der Waals surface area contributed by atoms with Gasteiger partial charge in [0.05, 0.1) is 11.3 Å². The first-order valence-electron chi connectivity index (χ1n) is 8.67. The van der Waals surface area contributed by atoms with Gasteiger partial charge in [0.25, 0.3) is 5.91 Å². The number of allylic oxidation sites excluding steroid dienone is 2. The zero-order chi connectivity index (χ0) is 21.1. The zero-order valence-corrected chi connectivity index (χ0v) is 15.8. The number of carbonyl (C=O) groups excluding carboxylic acids is 3. The van der Waals surface area contributed by atoms with E-state index in [1.54, 1.807) is 6.92 Å². The van der Waals surface area contributed by atoms with Crippen molar-refractivity contribution in [1.82, 2.24) is 10.2 Å². The van der Waals surface area contributed by atoms with E-state index >= 15 is 0 Å². The summed E-state index contributed by atoms with van der Waals surface area (Å²) >= 11 is 0. The third-order valence-electron chi connectivity index (χ3n) is 4.35. The first kappa shape index (κ1) is 21.5. The van der Waals surface area contributed by atoms with Gasteiger partial charge in [-0.05, 0) is 45.7 Å². The summed E-state index contributed by atoms with van der Waals surface area (Å²) in [6, 6.07) is 3.75. The Labute approximate surface area is 160 Å². The number of anilines is 1. The number of hydrogen-bond donors (Lipinski definition) is 2. The summed E-state index contributed by atoms with van der Waals surface area (Å²) in [7, 11) is 0. The number of hydrogen-bond acceptors (Lipinski definition) is 3. The topological polar surface area (TPSA) is 78.5 Å². The van der Waals surface area contributed by atoms with Crippen LogP contribution in [-0.2, 0) is 15.8 Å². The number of nitrogens with zero attached hydrogens (tertiary/aromatic N) is 1. The molecule has 2 N–H and O–H groups in total. The van der Waals surface area contributed by atoms with Crippen LogP contribution in [0.4, 0.5) is 23.7 Å². The highest BCUT2D eigenvalue weighted by Crippen LogP contribution is 2.34. The number of carbonyl (C=O) groups is 3. The zero-order valence-electron chi connectivity index (χ0n) is 15.8. The Kier molecular flexibility index (Phi) is 6.16. The normalized spacial score (nSPS) is 19.4. The van der Waals surface area contributed by atoms with Gasteiger partial charge in [-0.1, -0.05) is 23.8 Å². The molecule has 1 aromatic rings. The maximum atomic E-state index is 13.0. The summed E-state index contributed by atoms with van der Waals surface area (Å²) in [6.45, 7) is 4.71. The maximum absolute atomic E-state index is 13.0. The molecule has 2 rings (SSSR count). The van der Waals surface area contributed by atoms with E-state index in [2.05, 4.69) is 10.6 Å². The van der Waals surface area contributed by atoms with Gasteiger partial charge in [-0.15, -0.1) is 0 Å². The molecule has 1 aliphatic rings. The van der Waals surface area contributed by atoms with Crippen LogP contribution < -0.4 is 10.6 Å². The van der Waals surface area contributed by atoms with E-state index in [1.807, 2.05) is 19.9 Å². The van der Waals surface area contributed by atoms with Gasteiger partial charge < -0.3 is 10.6 Å². The Hall–Kier alpha value is -2.84. The molecule has 1 heterocycles. The fourth-order valence-corrected chi connectivity index (χ4v) is 2.88. The molecule has 1 unspecified atom stereocenters. The van der Waals surface area contributed by atoms with Crippen molar-refractivity contribution in [3.05, 3.63) is 41.5 Å². The smallest absolute Gasteiger partial charge is 0.324 e. The molecule has 4 amide bonds. The molecular formula is C19H22F3N3O3. The van der Waals surface area contributed by atoms with E-state index in [9.17, 15) is 27.6 Å². The molecular weight excluding hydrogens is 375 g/mol. The van der Waals surface area contributed by atoms with Crippen LogP contribution in [0.25, 0.3) is 0 Å². The molecule has 1 saturated heterocycles. The van der Waals surface area contributed by atoms with E-state index in [1.165, 1.54) is 12.1 Å². The number of rotatable bonds is 6. The van der Waals surface area contributed by atoms with Crippen LogP contribution in [-0.4, -0.2) is 34.8 Å². The minimum atomic E-state index is -4.64. The molecule has 9 heteroatoms. The van der Waals surface area contributed by atoms with Crippen molar-refractivity contribution in [2.75, 3.05) is 11.9 Å². The van der Waals surface area contributed by atoms with Crippen molar-refractivity contribution >= 4 is 23.5 Å². The minimum Gasteiger partial charge on any atom is -0.324 e. The molecule has 1 atom stereocenters. The highest BCUT2D eigenvalue weighted by Gasteiger charge is 2.47. The molecule has 1 fully saturated rings. The van der Waals surface area contributed by atoms with Gasteiger partial charge in [-0.2, -0.15) is 13.2 Å². The lowest BCUT2D eigenvalue weighted by Crippen LogP contribution is -2.44. The molecule has 1 aromatic carbocycles. The lowest BCUT2D eigenvalue weighted by Gasteiger charge is -2.21. The standard InChI is InChI=1S/C19H22F3N3O3/c1-12(2)7-6-10-18(3)16(27)25(17(28)24-18)11-15(26)23-14-9-5-4-8-13(14)19(20,21)22/h4-5,7-9H,6,10-11H2,1-3H3,(H,23,26)(H,24,28). The number of nitrogens with one attached hydrogen (secondary N) is 2. The van der Waals surface area contributed by atoms with Crippen molar-refractivity contribution < 1.29 is 27.6 Å². The number of halogens is 3. The van der Waals surface area contributed by atoms with Crippen molar-refractivity contribution in [3.8, 4) is 0 Å². The second-order valence-electron chi connectivity index (χ2n) is 7.07. The quantitative estimate of drug-likeness (QED) is 0.568. The Balaban J connectivity index is 2.08. The van der Waals surface area contributed by atoms with Gasteiger partial charge >= 0.3 is 12.2 Å². The summed E-state index contributed by atoms with van der Waals surface area (Å²) < 4.78 is 39.1. The third-order valence-corrected chi connectivity index (χ3v) is 4.35. The first-order chi connectivity index (χ1) is 12.9. The summed E-state index contributed by atoms with van der Waals surface area (Å²) in [5.74, 6) is -1.48. The molecule has 152 valence electrons. The molecule has 6 nitrogen and oxygen atoms in total. The molecule has 1 aliphatic heterocycles. The number of para-hydroxylation sites is 1. The number of benzene rings is 1. The molecule has 0 radical (unpaired) electrons. The maximum Gasteiger partial charge on any atom is 0.418 e. The number of imide groups is 1. The largest absolute Gasteiger partial charge is 0.418 e. The van der Waals surface area contributed by atoms with E-state index in [0.717, 1.165) is 17.7 Å². The van der Waals surface area contributed by atoms with Crippen LogP contribution in [0.5, 0.6) is 0 Å². The predicted octanol–water partition coefficient (Wildman–Crippen LogP) is 3.70. The Morgan fingerprint density at radius 1 is 1.25 bits per heavy atom. The first-order valence-corrected chi connectivity index (χ1v) is 8.67. The molecule has 0 spiro atoms. The van der Waals surface area contributed by atoms with Gasteiger partial charge in [0.15, 0.2) is 0 Å². The highest BCUT2D eigenvalue weighted by molar-refractivity contribution is 6.10. The predicted molar refractivity (Wildman–Crippen MR) is 97.4 cm³/mol. The van der Waals surface area contributed by atoms with Crippen LogP contribution in [0.2, 0.25) is 0 Å². The second kappa shape index (κ2) is 8.04. The van der Waals surface area contributed by atoms with E-state index in [4.69, 9.17) is 0 Å². The summed E-state index contributed by atoms with van der Waals surface area (Å²) in [6.07, 6.45) is -1.82. The lowest BCUT2D eigenvalue weighted by molar-refractivity contribution is -0.137. The van der Waals surface area contributed by atoms with Crippen molar-refractivity contribution in [2.24, 2.45) is 0 Å². The third kappa shape index (κ3) is 4.90. The molecule has 28 heavy (non-hydrogen) atoms. The summed E-state index contributed by atoms with van der Waals surface area (Å²) in [4.78, 5) is 37.6. The Morgan fingerprint density at radius 2 is 1.89 bits per heavy atom. The van der Waals surface area contributed by atoms with Crippen molar-refractivity contribution in [3.63, 3.8) is 0 Å². The number of urea groups is 1. The Morgan fingerprint density at radius 3 is 2.50 bits per heavy atom. The van der Waals surface area contributed by atoms with Crippen molar-refractivity contribution in [2.45, 2.75) is 45.3 Å². The molecule has 0 saturated carbocycles. The van der Waals surface area contributed by atoms with Crippen LogP contribution >= 0.6 is 0 Å². The van der Waals surface area contributed by atoms with E-state index in [0.29, 0.717) is 17.7 Å². The van der Waals surface area contributed by atoms with Gasteiger partial charge in [0.2, 0.25) is 5.91 Å². The molecule has 0 bridgehead atoms. The van der Waals surface area contributed by atoms with Gasteiger partial charge in [0, 0.05) is 0 Å². The summed E-state index contributed by atoms with van der Waals surface area (Å²) in [5, 5.41) is 4.69. The Bertz CT molecular complexity index is 816. The lowest BCUT2D eigenvalue weighted by atomic mass is 9.95.